The van der Waals surface area contributed by atoms with Gasteiger partial charge in [-0.25, -0.2) is 0 Å². The highest BCUT2D eigenvalue weighted by molar-refractivity contribution is 9.11. The molecule has 0 saturated heterocycles. The second-order valence-electron chi connectivity index (χ2n) is 3.61. The van der Waals surface area contributed by atoms with Gasteiger partial charge < -0.3 is 0 Å². The molecule has 1 aromatic carbocycles. The highest BCUT2D eigenvalue weighted by atomic mass is 79.9. The van der Waals surface area contributed by atoms with E-state index in [-0.39, 0.29) is 4.83 Å². The van der Waals surface area contributed by atoms with Crippen molar-refractivity contribution in [2.24, 2.45) is 0 Å². The van der Waals surface area contributed by atoms with E-state index < -0.39 is 11.7 Å². The summed E-state index contributed by atoms with van der Waals surface area (Å²) in [7, 11) is 0. The van der Waals surface area contributed by atoms with Crippen molar-refractivity contribution in [3.05, 3.63) is 56.2 Å². The van der Waals surface area contributed by atoms with Crippen LogP contribution in [0.2, 0.25) is 0 Å². The summed E-state index contributed by atoms with van der Waals surface area (Å²) in [6.45, 7) is 0. The van der Waals surface area contributed by atoms with Crippen molar-refractivity contribution in [2.45, 2.75) is 11.0 Å². The highest BCUT2D eigenvalue weighted by Crippen LogP contribution is 2.40. The van der Waals surface area contributed by atoms with Crippen molar-refractivity contribution in [2.75, 3.05) is 0 Å². The molecule has 0 saturated carbocycles. The average Bonchev–Trinajstić information content (AvgIpc) is 2.80. The minimum Gasteiger partial charge on any atom is -0.166 e. The molecule has 0 nitrogen and oxygen atoms in total. The minimum atomic E-state index is -4.32. The van der Waals surface area contributed by atoms with Gasteiger partial charge in [0.1, 0.15) is 0 Å². The van der Waals surface area contributed by atoms with E-state index in [0.29, 0.717) is 10.0 Å². The maximum atomic E-state index is 12.7. The topological polar surface area (TPSA) is 0 Å². The van der Waals surface area contributed by atoms with E-state index in [1.54, 1.807) is 0 Å². The van der Waals surface area contributed by atoms with Crippen LogP contribution in [0.1, 0.15) is 20.8 Å². The Morgan fingerprint density at radius 1 is 1.17 bits per heavy atom. The van der Waals surface area contributed by atoms with Crippen molar-refractivity contribution in [3.8, 4) is 0 Å². The number of hydrogen-bond donors (Lipinski definition) is 0. The van der Waals surface area contributed by atoms with Crippen LogP contribution >= 0.6 is 43.2 Å². The molecular formula is C12H7Br2F3S. The lowest BCUT2D eigenvalue weighted by molar-refractivity contribution is -0.137. The van der Waals surface area contributed by atoms with Gasteiger partial charge in [0.25, 0.3) is 0 Å². The first-order chi connectivity index (χ1) is 8.39. The number of benzene rings is 1. The molecule has 0 aliphatic heterocycles. The third-order valence-electron chi connectivity index (χ3n) is 2.39. The molecule has 0 bridgehead atoms. The minimum absolute atomic E-state index is 0.242. The van der Waals surface area contributed by atoms with E-state index in [2.05, 4.69) is 31.9 Å². The van der Waals surface area contributed by atoms with Gasteiger partial charge in [-0.1, -0.05) is 37.9 Å². The maximum absolute atomic E-state index is 12.7. The Labute approximate surface area is 123 Å². The van der Waals surface area contributed by atoms with Crippen LogP contribution in [0, 0.1) is 0 Å². The molecule has 1 unspecified atom stereocenters. The van der Waals surface area contributed by atoms with Gasteiger partial charge in [0.2, 0.25) is 0 Å². The van der Waals surface area contributed by atoms with Gasteiger partial charge >= 0.3 is 6.18 Å². The lowest BCUT2D eigenvalue weighted by atomic mass is 10.1. The molecule has 0 N–H and O–H groups in total. The summed E-state index contributed by atoms with van der Waals surface area (Å²) in [4.78, 5) is 0.726. The van der Waals surface area contributed by atoms with Crippen LogP contribution in [-0.2, 0) is 6.18 Å². The van der Waals surface area contributed by atoms with Crippen molar-refractivity contribution < 1.29 is 13.2 Å². The normalized spacial score (nSPS) is 13.6. The standard InChI is InChI=1S/C12H7Br2F3S/c13-9-4-3-7(12(15,16)17)6-8(9)11(14)10-2-1-5-18-10/h1-6,11H. The summed E-state index contributed by atoms with van der Waals surface area (Å²) in [5, 5.41) is 1.89. The number of hydrogen-bond acceptors (Lipinski definition) is 1. The van der Waals surface area contributed by atoms with Crippen molar-refractivity contribution in [1.29, 1.82) is 0 Å². The van der Waals surface area contributed by atoms with E-state index in [4.69, 9.17) is 0 Å². The second-order valence-corrected chi connectivity index (χ2v) is 6.36. The molecular weight excluding hydrogens is 393 g/mol. The first-order valence-electron chi connectivity index (χ1n) is 4.93. The van der Waals surface area contributed by atoms with Crippen molar-refractivity contribution in [3.63, 3.8) is 0 Å². The molecule has 2 rings (SSSR count). The SMILES string of the molecule is FC(F)(F)c1ccc(Br)c(C(Br)c2cccs2)c1. The zero-order valence-electron chi connectivity index (χ0n) is 8.84. The molecule has 0 fully saturated rings. The highest BCUT2D eigenvalue weighted by Gasteiger charge is 2.31. The van der Waals surface area contributed by atoms with E-state index in [1.165, 1.54) is 23.5 Å². The molecule has 1 atom stereocenters. The van der Waals surface area contributed by atoms with E-state index >= 15 is 0 Å². The fourth-order valence-electron chi connectivity index (χ4n) is 1.50. The fourth-order valence-corrected chi connectivity index (χ4v) is 3.86. The Balaban J connectivity index is 2.44. The van der Waals surface area contributed by atoms with Crippen LogP contribution in [0.25, 0.3) is 0 Å². The first-order valence-corrected chi connectivity index (χ1v) is 7.52. The molecule has 0 radical (unpaired) electrons. The third kappa shape index (κ3) is 2.97. The monoisotopic (exact) mass is 398 g/mol. The molecule has 0 spiro atoms. The van der Waals surface area contributed by atoms with Gasteiger partial charge in [-0.05, 0) is 35.2 Å². The van der Waals surface area contributed by atoms with Gasteiger partial charge in [-0.15, -0.1) is 11.3 Å². The molecule has 1 heterocycles. The molecule has 96 valence electrons. The summed E-state index contributed by atoms with van der Waals surface area (Å²) < 4.78 is 38.7. The summed E-state index contributed by atoms with van der Waals surface area (Å²) in [5.74, 6) is 0. The predicted molar refractivity (Wildman–Crippen MR) is 74.2 cm³/mol. The fraction of sp³-hybridized carbons (Fsp3) is 0.167. The number of rotatable bonds is 2. The van der Waals surface area contributed by atoms with E-state index in [9.17, 15) is 13.2 Å². The summed E-state index contributed by atoms with van der Waals surface area (Å²) in [6, 6.07) is 7.43. The molecule has 1 aromatic heterocycles. The summed E-state index contributed by atoms with van der Waals surface area (Å²) in [5.41, 5.74) is -0.0611. The van der Waals surface area contributed by atoms with Gasteiger partial charge in [0.05, 0.1) is 10.4 Å². The van der Waals surface area contributed by atoms with Gasteiger partial charge in [-0.2, -0.15) is 13.2 Å². The number of thiophene rings is 1. The Bertz CT molecular complexity index is 535. The lowest BCUT2D eigenvalue weighted by Crippen LogP contribution is -2.06. The zero-order valence-corrected chi connectivity index (χ0v) is 12.8. The maximum Gasteiger partial charge on any atom is 0.416 e. The molecule has 0 amide bonds. The summed E-state index contributed by atoms with van der Waals surface area (Å²) in [6.07, 6.45) is -4.32. The molecule has 0 aliphatic carbocycles. The van der Waals surface area contributed by atoms with Gasteiger partial charge in [0, 0.05) is 9.35 Å². The van der Waals surface area contributed by atoms with Crippen LogP contribution in [0.4, 0.5) is 13.2 Å². The van der Waals surface area contributed by atoms with E-state index in [0.717, 1.165) is 10.9 Å². The Hall–Kier alpha value is -0.330. The van der Waals surface area contributed by atoms with Crippen LogP contribution in [0.3, 0.4) is 0 Å². The third-order valence-corrected chi connectivity index (χ3v) is 5.34. The Morgan fingerprint density at radius 2 is 1.89 bits per heavy atom. The average molecular weight is 400 g/mol. The van der Waals surface area contributed by atoms with Gasteiger partial charge in [-0.3, -0.25) is 0 Å². The van der Waals surface area contributed by atoms with E-state index in [1.807, 2.05) is 17.5 Å². The molecule has 18 heavy (non-hydrogen) atoms. The largest absolute Gasteiger partial charge is 0.416 e. The molecule has 2 aromatic rings. The Kier molecular flexibility index (Phi) is 4.18. The van der Waals surface area contributed by atoms with Crippen LogP contribution in [0.15, 0.2) is 40.2 Å². The summed E-state index contributed by atoms with van der Waals surface area (Å²) >= 11 is 8.23. The quantitative estimate of drug-likeness (QED) is 0.542. The van der Waals surface area contributed by atoms with Crippen molar-refractivity contribution in [1.82, 2.24) is 0 Å². The molecule has 6 heteroatoms. The first kappa shape index (κ1) is 14.1. The molecule has 0 aliphatic rings. The van der Waals surface area contributed by atoms with Crippen LogP contribution in [-0.4, -0.2) is 0 Å². The number of alkyl halides is 4. The Morgan fingerprint density at radius 3 is 2.44 bits per heavy atom. The smallest absolute Gasteiger partial charge is 0.166 e. The lowest BCUT2D eigenvalue weighted by Gasteiger charge is -2.14. The van der Waals surface area contributed by atoms with Gasteiger partial charge in [0.15, 0.2) is 0 Å². The number of halogens is 5. The zero-order chi connectivity index (χ0) is 13.3. The predicted octanol–water partition coefficient (Wildman–Crippen LogP) is 6.01. The van der Waals surface area contributed by atoms with Crippen molar-refractivity contribution >= 4 is 43.2 Å². The van der Waals surface area contributed by atoms with Crippen LogP contribution < -0.4 is 0 Å². The second kappa shape index (κ2) is 5.35. The van der Waals surface area contributed by atoms with Crippen LogP contribution in [0.5, 0.6) is 0 Å².